The summed E-state index contributed by atoms with van der Waals surface area (Å²) in [5.41, 5.74) is 6.55. The van der Waals surface area contributed by atoms with E-state index >= 15 is 0 Å². The molecule has 1 aromatic rings. The third kappa shape index (κ3) is 2.99. The van der Waals surface area contributed by atoms with Crippen LogP contribution < -0.4 is 5.73 Å². The molecule has 0 aromatic carbocycles. The smallest absolute Gasteiger partial charge is 0.244 e. The maximum atomic E-state index is 12.6. The summed E-state index contributed by atoms with van der Waals surface area (Å²) in [5.74, 6) is 1.74. The van der Waals surface area contributed by atoms with Crippen LogP contribution in [0.4, 0.5) is 0 Å². The van der Waals surface area contributed by atoms with Crippen LogP contribution in [0.1, 0.15) is 25.6 Å². The Morgan fingerprint density at radius 3 is 2.47 bits per heavy atom. The van der Waals surface area contributed by atoms with Gasteiger partial charge in [0.25, 0.3) is 0 Å². The van der Waals surface area contributed by atoms with E-state index in [1.54, 1.807) is 28.3 Å². The number of nitrogens with zero attached hydrogens (tertiary/aromatic N) is 2. The van der Waals surface area contributed by atoms with E-state index in [0.717, 1.165) is 17.2 Å². The normalized spacial score (nSPS) is 18.1. The molecular weight excluding hydrogens is 282 g/mol. The second kappa shape index (κ2) is 5.87. The third-order valence-electron chi connectivity index (χ3n) is 3.28. The molecule has 2 N–H and O–H groups in total. The van der Waals surface area contributed by atoms with Crippen LogP contribution in [0.15, 0.2) is 17.2 Å². The number of hydrogen-bond acceptors (Lipinski definition) is 4. The van der Waals surface area contributed by atoms with Crippen LogP contribution >= 0.6 is 11.8 Å². The molecule has 0 saturated carbocycles. The van der Waals surface area contributed by atoms with Crippen molar-refractivity contribution >= 4 is 21.8 Å². The number of rotatable bonds is 4. The fourth-order valence-electron chi connectivity index (χ4n) is 2.22. The Labute approximate surface area is 119 Å². The summed E-state index contributed by atoms with van der Waals surface area (Å²) >= 11 is 1.80. The molecule has 2 heterocycles. The van der Waals surface area contributed by atoms with Crippen LogP contribution in [0, 0.1) is 0 Å². The fraction of sp³-hybridized carbons (Fsp3) is 0.667. The minimum atomic E-state index is -3.36. The van der Waals surface area contributed by atoms with Crippen molar-refractivity contribution in [3.63, 3.8) is 0 Å². The highest BCUT2D eigenvalue weighted by Gasteiger charge is 2.28. The van der Waals surface area contributed by atoms with Crippen LogP contribution in [-0.4, -0.2) is 41.9 Å². The molecular formula is C12H21N3O2S2. The largest absolute Gasteiger partial charge is 0.346 e. The summed E-state index contributed by atoms with van der Waals surface area (Å²) in [6.45, 7) is 5.58. The molecule has 0 amide bonds. The van der Waals surface area contributed by atoms with Crippen LogP contribution in [0.2, 0.25) is 0 Å². The first-order valence-corrected chi connectivity index (χ1v) is 9.05. The molecule has 19 heavy (non-hydrogen) atoms. The van der Waals surface area contributed by atoms with Gasteiger partial charge in [-0.2, -0.15) is 16.1 Å². The van der Waals surface area contributed by atoms with Crippen molar-refractivity contribution in [1.29, 1.82) is 0 Å². The van der Waals surface area contributed by atoms with E-state index in [2.05, 4.69) is 0 Å². The molecule has 2 rings (SSSR count). The van der Waals surface area contributed by atoms with Gasteiger partial charge in [0.1, 0.15) is 4.90 Å². The highest BCUT2D eigenvalue weighted by Crippen LogP contribution is 2.24. The SMILES string of the molecule is CC(C)n1cc(S(=O)(=O)N2CCSCC2)cc1CN. The van der Waals surface area contributed by atoms with Gasteiger partial charge >= 0.3 is 0 Å². The Hall–Kier alpha value is -0.500. The van der Waals surface area contributed by atoms with Crippen LogP contribution in [0.5, 0.6) is 0 Å². The summed E-state index contributed by atoms with van der Waals surface area (Å²) < 4.78 is 28.6. The minimum Gasteiger partial charge on any atom is -0.346 e. The van der Waals surface area contributed by atoms with Crippen molar-refractivity contribution < 1.29 is 8.42 Å². The molecule has 0 unspecified atom stereocenters. The van der Waals surface area contributed by atoms with Crippen molar-refractivity contribution in [2.75, 3.05) is 24.6 Å². The average Bonchev–Trinajstić information content (AvgIpc) is 2.84. The molecule has 1 saturated heterocycles. The van der Waals surface area contributed by atoms with Crippen LogP contribution in [0.3, 0.4) is 0 Å². The first kappa shape index (κ1) is 14.9. The van der Waals surface area contributed by atoms with E-state index in [1.165, 1.54) is 0 Å². The van der Waals surface area contributed by atoms with Gasteiger partial charge < -0.3 is 10.3 Å². The molecule has 108 valence electrons. The van der Waals surface area contributed by atoms with Crippen molar-refractivity contribution in [2.45, 2.75) is 31.3 Å². The highest BCUT2D eigenvalue weighted by molar-refractivity contribution is 7.99. The molecule has 0 spiro atoms. The van der Waals surface area contributed by atoms with Crippen LogP contribution in [-0.2, 0) is 16.6 Å². The predicted octanol–water partition coefficient (Wildman–Crippen LogP) is 1.27. The Morgan fingerprint density at radius 2 is 2.00 bits per heavy atom. The molecule has 1 aromatic heterocycles. The molecule has 1 aliphatic heterocycles. The number of thioether (sulfide) groups is 1. The number of aromatic nitrogens is 1. The summed E-state index contributed by atoms with van der Waals surface area (Å²) in [6, 6.07) is 1.91. The summed E-state index contributed by atoms with van der Waals surface area (Å²) in [7, 11) is -3.36. The second-order valence-corrected chi connectivity index (χ2v) is 8.05. The Morgan fingerprint density at radius 1 is 1.37 bits per heavy atom. The van der Waals surface area contributed by atoms with Gasteiger partial charge in [0.2, 0.25) is 10.0 Å². The van der Waals surface area contributed by atoms with Gasteiger partial charge in [-0.1, -0.05) is 0 Å². The van der Waals surface area contributed by atoms with Gasteiger partial charge in [-0.05, 0) is 19.9 Å². The lowest BCUT2D eigenvalue weighted by molar-refractivity contribution is 0.443. The number of hydrogen-bond donors (Lipinski definition) is 1. The van der Waals surface area contributed by atoms with E-state index in [1.807, 2.05) is 18.4 Å². The monoisotopic (exact) mass is 303 g/mol. The summed E-state index contributed by atoms with van der Waals surface area (Å²) in [5, 5.41) is 0. The highest BCUT2D eigenvalue weighted by atomic mass is 32.2. The number of sulfonamides is 1. The molecule has 7 heteroatoms. The molecule has 1 aliphatic rings. The average molecular weight is 303 g/mol. The zero-order valence-corrected chi connectivity index (χ0v) is 13.0. The maximum absolute atomic E-state index is 12.6. The van der Waals surface area contributed by atoms with E-state index < -0.39 is 10.0 Å². The lowest BCUT2D eigenvalue weighted by Gasteiger charge is -2.25. The second-order valence-electron chi connectivity index (χ2n) is 4.89. The van der Waals surface area contributed by atoms with Gasteiger partial charge in [0.15, 0.2) is 0 Å². The van der Waals surface area contributed by atoms with Gasteiger partial charge in [-0.15, -0.1) is 0 Å². The predicted molar refractivity (Wildman–Crippen MR) is 78.8 cm³/mol. The van der Waals surface area contributed by atoms with E-state index in [9.17, 15) is 8.42 Å². The topological polar surface area (TPSA) is 68.3 Å². The lowest BCUT2D eigenvalue weighted by Crippen LogP contribution is -2.37. The first-order valence-electron chi connectivity index (χ1n) is 6.45. The van der Waals surface area contributed by atoms with E-state index in [0.29, 0.717) is 24.5 Å². The van der Waals surface area contributed by atoms with Crippen LogP contribution in [0.25, 0.3) is 0 Å². The van der Waals surface area contributed by atoms with Gasteiger partial charge in [0, 0.05) is 49.1 Å². The fourth-order valence-corrected chi connectivity index (χ4v) is 4.85. The lowest BCUT2D eigenvalue weighted by atomic mass is 10.3. The summed E-state index contributed by atoms with van der Waals surface area (Å²) in [4.78, 5) is 0.369. The molecule has 0 atom stereocenters. The van der Waals surface area contributed by atoms with Crippen molar-refractivity contribution in [1.82, 2.24) is 8.87 Å². The molecule has 5 nitrogen and oxygen atoms in total. The maximum Gasteiger partial charge on any atom is 0.244 e. The quantitative estimate of drug-likeness (QED) is 0.909. The Balaban J connectivity index is 2.34. The number of nitrogens with two attached hydrogens (primary N) is 1. The van der Waals surface area contributed by atoms with E-state index in [4.69, 9.17) is 5.73 Å². The van der Waals surface area contributed by atoms with Crippen molar-refractivity contribution in [2.24, 2.45) is 5.73 Å². The molecule has 0 bridgehead atoms. The van der Waals surface area contributed by atoms with Crippen molar-refractivity contribution in [3.05, 3.63) is 18.0 Å². The Kier molecular flexibility index (Phi) is 4.60. The molecule has 1 fully saturated rings. The van der Waals surface area contributed by atoms with Gasteiger partial charge in [-0.3, -0.25) is 0 Å². The third-order valence-corrected chi connectivity index (χ3v) is 6.09. The standard InChI is InChI=1S/C12H21N3O2S2/c1-10(2)15-9-12(7-11(15)8-13)19(16,17)14-3-5-18-6-4-14/h7,9-10H,3-6,8,13H2,1-2H3. The summed E-state index contributed by atoms with van der Waals surface area (Å²) in [6.07, 6.45) is 1.71. The Bertz CT molecular complexity index is 531. The first-order chi connectivity index (χ1) is 8.96. The zero-order valence-electron chi connectivity index (χ0n) is 11.4. The molecule has 0 aliphatic carbocycles. The van der Waals surface area contributed by atoms with Crippen molar-refractivity contribution in [3.8, 4) is 0 Å². The van der Waals surface area contributed by atoms with Gasteiger partial charge in [0.05, 0.1) is 0 Å². The minimum absolute atomic E-state index is 0.208. The van der Waals surface area contributed by atoms with Gasteiger partial charge in [-0.25, -0.2) is 8.42 Å². The molecule has 0 radical (unpaired) electrons. The zero-order chi connectivity index (χ0) is 14.0. The van der Waals surface area contributed by atoms with E-state index in [-0.39, 0.29) is 6.04 Å².